The van der Waals surface area contributed by atoms with Gasteiger partial charge in [0.1, 0.15) is 14.0 Å². The minimum atomic E-state index is -1.43. The monoisotopic (exact) mass is 291 g/mol. The van der Waals surface area contributed by atoms with Gasteiger partial charge in [0.15, 0.2) is 5.05 Å². The number of hydrogen-bond acceptors (Lipinski definition) is 3. The Hall–Kier alpha value is -1.15. The molecule has 1 aromatic carbocycles. The summed E-state index contributed by atoms with van der Waals surface area (Å²) in [6.45, 7) is 6.79. The lowest BCUT2D eigenvalue weighted by atomic mass is 10.2. The number of hydrogen-bond donors (Lipinski definition) is 0. The van der Waals surface area contributed by atoms with Crippen LogP contribution in [0.25, 0.3) is 0 Å². The van der Waals surface area contributed by atoms with Gasteiger partial charge in [0.05, 0.1) is 6.04 Å². The van der Waals surface area contributed by atoms with Gasteiger partial charge in [-0.3, -0.25) is 0 Å². The first-order valence-corrected chi connectivity index (χ1v) is 10.1. The molecule has 0 bridgehead atoms. The molecule has 0 aliphatic carbocycles. The molecule has 0 radical (unpaired) electrons. The average molecular weight is 291 g/mol. The summed E-state index contributed by atoms with van der Waals surface area (Å²) in [5.74, 6) is 3.58. The van der Waals surface area contributed by atoms with E-state index in [2.05, 4.69) is 37.2 Å². The smallest absolute Gasteiger partial charge is 0.169 e. The number of terminal acetylenes is 1. The minimum absolute atomic E-state index is 0.00267. The maximum absolute atomic E-state index is 5.63. The van der Waals surface area contributed by atoms with Gasteiger partial charge in [-0.2, -0.15) is 0 Å². The fraction of sp³-hybridized carbons (Fsp3) is 0.400. The van der Waals surface area contributed by atoms with Gasteiger partial charge in [-0.1, -0.05) is 43.8 Å². The Bertz CT molecular complexity index is 461. The van der Waals surface area contributed by atoms with Crippen molar-refractivity contribution in [2.45, 2.75) is 32.1 Å². The molecule has 2 nitrogen and oxygen atoms in total. The van der Waals surface area contributed by atoms with Gasteiger partial charge >= 0.3 is 0 Å². The first-order chi connectivity index (χ1) is 8.84. The number of thiocarbonyl (C=S) groups is 1. The van der Waals surface area contributed by atoms with Crippen LogP contribution in [-0.4, -0.2) is 30.9 Å². The molecule has 1 unspecified atom stereocenters. The summed E-state index contributed by atoms with van der Waals surface area (Å²) in [4.78, 5) is 0. The lowest BCUT2D eigenvalue weighted by molar-refractivity contribution is 0.431. The summed E-state index contributed by atoms with van der Waals surface area (Å²) < 4.78 is 7.91. The molecule has 0 aliphatic rings. The zero-order valence-electron chi connectivity index (χ0n) is 12.0. The molecule has 0 amide bonds. The molecule has 0 spiro atoms. The summed E-state index contributed by atoms with van der Waals surface area (Å²) >= 11 is 5.29. The molecule has 1 aromatic rings. The molecule has 0 heterocycles. The first-order valence-electron chi connectivity index (χ1n) is 6.29. The topological polar surface area (TPSA) is 12.5 Å². The third-order valence-corrected chi connectivity index (χ3v) is 5.73. The summed E-state index contributed by atoms with van der Waals surface area (Å²) in [6, 6.07) is 9.57. The van der Waals surface area contributed by atoms with Crippen molar-refractivity contribution >= 4 is 25.5 Å². The molecule has 0 saturated heterocycles. The van der Waals surface area contributed by atoms with Crippen LogP contribution in [0.2, 0.25) is 19.6 Å². The van der Waals surface area contributed by atoms with E-state index in [1.807, 2.05) is 30.3 Å². The molecule has 19 heavy (non-hydrogen) atoms. The Labute approximate surface area is 122 Å². The summed E-state index contributed by atoms with van der Waals surface area (Å²) in [7, 11) is 0.643. The van der Waals surface area contributed by atoms with Gasteiger partial charge in [-0.05, 0) is 31.4 Å². The largest absolute Gasteiger partial charge is 0.450 e. The molecule has 0 fully saturated rings. The van der Waals surface area contributed by atoms with Gasteiger partial charge in [-0.15, -0.1) is 6.42 Å². The second kappa shape index (κ2) is 6.85. The Kier molecular flexibility index (Phi) is 5.74. The van der Waals surface area contributed by atoms with Crippen LogP contribution < -0.4 is 4.74 Å². The van der Waals surface area contributed by atoms with Crippen molar-refractivity contribution in [3.05, 3.63) is 30.3 Å². The summed E-state index contributed by atoms with van der Waals surface area (Å²) in [5.41, 5.74) is 0. The van der Waals surface area contributed by atoms with E-state index >= 15 is 0 Å². The standard InChI is InChI=1S/C15H21NOSSi/c1-6-13(16(2)19(3,4)5)12-15(18)17-14-10-8-7-9-11-14/h1,7-11,13H,12H2,2-5H3. The highest BCUT2D eigenvalue weighted by molar-refractivity contribution is 7.80. The maximum atomic E-state index is 5.63. The van der Waals surface area contributed by atoms with Crippen molar-refractivity contribution < 1.29 is 4.74 Å². The summed E-state index contributed by atoms with van der Waals surface area (Å²) in [5, 5.41) is 0.541. The van der Waals surface area contributed by atoms with E-state index in [1.54, 1.807) is 0 Å². The molecule has 1 rings (SSSR count). The normalized spacial score (nSPS) is 12.8. The average Bonchev–Trinajstić information content (AvgIpc) is 2.35. The molecule has 102 valence electrons. The summed E-state index contributed by atoms with van der Waals surface area (Å²) in [6.07, 6.45) is 6.21. The number of para-hydroxylation sites is 1. The van der Waals surface area contributed by atoms with E-state index in [4.69, 9.17) is 23.4 Å². The number of nitrogens with zero attached hydrogens (tertiary/aromatic N) is 1. The second-order valence-corrected chi connectivity index (χ2v) is 11.0. The fourth-order valence-corrected chi connectivity index (χ4v) is 2.95. The van der Waals surface area contributed by atoms with E-state index in [-0.39, 0.29) is 6.04 Å². The lowest BCUT2D eigenvalue weighted by Gasteiger charge is -2.34. The molecule has 4 heteroatoms. The quantitative estimate of drug-likeness (QED) is 0.468. The zero-order valence-corrected chi connectivity index (χ0v) is 13.8. The minimum Gasteiger partial charge on any atom is -0.450 e. The van der Waals surface area contributed by atoms with Crippen LogP contribution in [0.15, 0.2) is 30.3 Å². The van der Waals surface area contributed by atoms with Gasteiger partial charge in [0.2, 0.25) is 0 Å². The van der Waals surface area contributed by atoms with E-state index in [9.17, 15) is 0 Å². The molecule has 0 aromatic heterocycles. The van der Waals surface area contributed by atoms with Crippen molar-refractivity contribution in [2.24, 2.45) is 0 Å². The van der Waals surface area contributed by atoms with Crippen LogP contribution in [0.1, 0.15) is 6.42 Å². The van der Waals surface area contributed by atoms with Gasteiger partial charge in [0.25, 0.3) is 0 Å². The molecule has 0 saturated carbocycles. The van der Waals surface area contributed by atoms with Crippen molar-refractivity contribution in [1.29, 1.82) is 0 Å². The second-order valence-electron chi connectivity index (χ2n) is 5.46. The molecular formula is C15H21NOSSi. The SMILES string of the molecule is C#CC(CC(=S)Oc1ccccc1)N(C)[Si](C)(C)C. The highest BCUT2D eigenvalue weighted by Gasteiger charge is 2.27. The van der Waals surface area contributed by atoms with Crippen LogP contribution in [-0.2, 0) is 0 Å². The fourth-order valence-electron chi connectivity index (χ4n) is 1.59. The Morgan fingerprint density at radius 3 is 2.42 bits per heavy atom. The van der Waals surface area contributed by atoms with Gasteiger partial charge < -0.3 is 9.30 Å². The Morgan fingerprint density at radius 1 is 1.37 bits per heavy atom. The molecule has 0 aliphatic heterocycles. The number of rotatable bonds is 5. The lowest BCUT2D eigenvalue weighted by Crippen LogP contribution is -2.49. The predicted octanol–water partition coefficient (Wildman–Crippen LogP) is 3.55. The highest BCUT2D eigenvalue weighted by atomic mass is 32.1. The van der Waals surface area contributed by atoms with Crippen LogP contribution in [0.3, 0.4) is 0 Å². The van der Waals surface area contributed by atoms with Crippen LogP contribution in [0, 0.1) is 12.3 Å². The van der Waals surface area contributed by atoms with Crippen LogP contribution in [0.5, 0.6) is 5.75 Å². The first kappa shape index (κ1) is 15.9. The van der Waals surface area contributed by atoms with Crippen molar-refractivity contribution in [2.75, 3.05) is 7.05 Å². The number of benzene rings is 1. The van der Waals surface area contributed by atoms with E-state index in [0.29, 0.717) is 11.5 Å². The van der Waals surface area contributed by atoms with Crippen LogP contribution in [0.4, 0.5) is 0 Å². The van der Waals surface area contributed by atoms with E-state index in [0.717, 1.165) is 5.75 Å². The third kappa shape index (κ3) is 5.15. The molecule has 0 N–H and O–H groups in total. The predicted molar refractivity (Wildman–Crippen MR) is 88.0 cm³/mol. The van der Waals surface area contributed by atoms with Gasteiger partial charge in [-0.25, -0.2) is 0 Å². The van der Waals surface area contributed by atoms with E-state index in [1.165, 1.54) is 0 Å². The Morgan fingerprint density at radius 2 is 1.95 bits per heavy atom. The maximum Gasteiger partial charge on any atom is 0.169 e. The Balaban J connectivity index is 2.63. The third-order valence-electron chi connectivity index (χ3n) is 3.05. The molecular weight excluding hydrogens is 270 g/mol. The van der Waals surface area contributed by atoms with Crippen LogP contribution >= 0.6 is 12.2 Å². The van der Waals surface area contributed by atoms with Gasteiger partial charge in [0, 0.05) is 6.42 Å². The molecule has 1 atom stereocenters. The van der Waals surface area contributed by atoms with Crippen molar-refractivity contribution in [3.8, 4) is 18.1 Å². The van der Waals surface area contributed by atoms with Crippen molar-refractivity contribution in [1.82, 2.24) is 4.57 Å². The van der Waals surface area contributed by atoms with Crippen molar-refractivity contribution in [3.63, 3.8) is 0 Å². The zero-order chi connectivity index (χ0) is 14.5. The van der Waals surface area contributed by atoms with E-state index < -0.39 is 8.24 Å². The highest BCUT2D eigenvalue weighted by Crippen LogP contribution is 2.16. The number of ether oxygens (including phenoxy) is 1.